The number of halogens is 5. The second kappa shape index (κ2) is 16.2. The summed E-state index contributed by atoms with van der Waals surface area (Å²) in [6, 6.07) is 16.5. The van der Waals surface area contributed by atoms with Crippen molar-refractivity contribution in [1.29, 1.82) is 0 Å². The fraction of sp³-hybridized carbons (Fsp3) is 0.241. The van der Waals surface area contributed by atoms with E-state index < -0.39 is 34.4 Å². The first-order valence-electron chi connectivity index (χ1n) is 12.3. The smallest absolute Gasteiger partial charge is 0.415 e. The molecule has 2 amide bonds. The van der Waals surface area contributed by atoms with Crippen LogP contribution in [0.1, 0.15) is 27.9 Å². The summed E-state index contributed by atoms with van der Waals surface area (Å²) in [5.74, 6) is 5.37. The first-order chi connectivity index (χ1) is 20.0. The molecule has 1 N–H and O–H groups in total. The summed E-state index contributed by atoms with van der Waals surface area (Å²) < 4.78 is 8.92. The maximum Gasteiger partial charge on any atom is 0.415 e. The van der Waals surface area contributed by atoms with Gasteiger partial charge in [-0.3, -0.25) is 9.69 Å². The molecule has 0 fully saturated rings. The maximum atomic E-state index is 12.9. The van der Waals surface area contributed by atoms with Gasteiger partial charge in [0, 0.05) is 34.7 Å². The van der Waals surface area contributed by atoms with Gasteiger partial charge in [-0.15, -0.1) is 0 Å². The van der Waals surface area contributed by atoms with Gasteiger partial charge in [0.25, 0.3) is 5.91 Å². The first-order valence-corrected chi connectivity index (χ1v) is 14.9. The Morgan fingerprint density at radius 3 is 2.43 bits per heavy atom. The molecule has 42 heavy (non-hydrogen) atoms. The molecule has 8 nitrogen and oxygen atoms in total. The van der Waals surface area contributed by atoms with Crippen LogP contribution in [0.2, 0.25) is 5.02 Å². The summed E-state index contributed by atoms with van der Waals surface area (Å²) in [6.45, 7) is -0.233. The van der Waals surface area contributed by atoms with Crippen LogP contribution >= 0.6 is 69.0 Å². The van der Waals surface area contributed by atoms with Crippen molar-refractivity contribution in [2.24, 2.45) is 0 Å². The molecule has 0 bridgehead atoms. The van der Waals surface area contributed by atoms with E-state index in [9.17, 15) is 14.4 Å². The molecular weight excluding hydrogens is 739 g/mol. The lowest BCUT2D eigenvalue weighted by atomic mass is 10.0. The Morgan fingerprint density at radius 2 is 1.81 bits per heavy atom. The van der Waals surface area contributed by atoms with Gasteiger partial charge >= 0.3 is 12.1 Å². The van der Waals surface area contributed by atoms with E-state index in [2.05, 4.69) is 22.1 Å². The number of carbonyl (C=O) groups excluding carboxylic acids is 3. The number of nitrogens with one attached hydrogen (secondary N) is 1. The molecule has 1 heterocycles. The van der Waals surface area contributed by atoms with Gasteiger partial charge in [-0.1, -0.05) is 82.5 Å². The molecule has 13 heteroatoms. The quantitative estimate of drug-likeness (QED) is 0.114. The summed E-state index contributed by atoms with van der Waals surface area (Å²) in [4.78, 5) is 43.4. The number of anilines is 1. The van der Waals surface area contributed by atoms with Crippen LogP contribution in [0.3, 0.4) is 0 Å². The van der Waals surface area contributed by atoms with Crippen molar-refractivity contribution in [3.05, 3.63) is 92.1 Å². The number of carbonyl (C=O) groups is 3. The molecule has 2 aromatic carbocycles. The molecule has 3 aromatic rings. The van der Waals surface area contributed by atoms with Gasteiger partial charge in [0.1, 0.15) is 18.5 Å². The van der Waals surface area contributed by atoms with E-state index in [0.717, 1.165) is 5.56 Å². The zero-order valence-corrected chi connectivity index (χ0v) is 27.3. The van der Waals surface area contributed by atoms with E-state index in [1.165, 1.54) is 12.0 Å². The molecule has 0 aliphatic rings. The van der Waals surface area contributed by atoms with Crippen LogP contribution in [0, 0.1) is 15.4 Å². The molecule has 0 radical (unpaired) electrons. The fourth-order valence-corrected chi connectivity index (χ4v) is 4.93. The molecule has 0 saturated carbocycles. The lowest BCUT2D eigenvalue weighted by Crippen LogP contribution is -2.43. The number of benzene rings is 2. The number of pyridine rings is 1. The SMILES string of the molecule is COC(=O)C(Cc1ccc(C#CCCN(C(=O)OCC(Cl)(Cl)Cl)c2ccccn2)cc1)NC(=O)c1c(Cl)cccc1I. The standard InChI is InChI=1S/C29H24Cl4IN3O5/c1-41-27(39)23(36-26(38)25-21(30)8-6-9-22(25)34)17-20-13-11-19(12-14-20)7-3-5-16-37(24-10-2-4-15-35-24)28(40)42-18-29(31,32)33/h2,4,6,8-15,23H,5,16-18H2,1H3,(H,36,38). The lowest BCUT2D eigenvalue weighted by Gasteiger charge is -2.21. The molecule has 0 spiro atoms. The normalized spacial score (nSPS) is 11.5. The van der Waals surface area contributed by atoms with Crippen LogP contribution in [-0.4, -0.2) is 53.0 Å². The van der Waals surface area contributed by atoms with Gasteiger partial charge in [-0.2, -0.15) is 0 Å². The maximum absolute atomic E-state index is 12.9. The zero-order chi connectivity index (χ0) is 30.7. The largest absolute Gasteiger partial charge is 0.467 e. The van der Waals surface area contributed by atoms with Crippen molar-refractivity contribution in [3.63, 3.8) is 0 Å². The minimum Gasteiger partial charge on any atom is -0.467 e. The number of amides is 2. The molecule has 1 atom stereocenters. The topological polar surface area (TPSA) is 97.8 Å². The highest BCUT2D eigenvalue weighted by Gasteiger charge is 2.26. The first kappa shape index (κ1) is 33.7. The second-order valence-electron chi connectivity index (χ2n) is 8.61. The van der Waals surface area contributed by atoms with Crippen LogP contribution in [-0.2, 0) is 20.7 Å². The third kappa shape index (κ3) is 10.5. The number of methoxy groups -OCH3 is 1. The molecule has 3 rings (SSSR count). The van der Waals surface area contributed by atoms with Crippen molar-refractivity contribution in [3.8, 4) is 11.8 Å². The molecule has 0 aliphatic carbocycles. The Kier molecular flexibility index (Phi) is 13.0. The molecule has 0 aliphatic heterocycles. The lowest BCUT2D eigenvalue weighted by molar-refractivity contribution is -0.142. The average molecular weight is 763 g/mol. The van der Waals surface area contributed by atoms with Gasteiger partial charge in [0.2, 0.25) is 3.79 Å². The minimum atomic E-state index is -1.74. The number of hydrogen-bond acceptors (Lipinski definition) is 6. The molecule has 1 unspecified atom stereocenters. The van der Waals surface area contributed by atoms with Crippen molar-refractivity contribution < 1.29 is 23.9 Å². The van der Waals surface area contributed by atoms with E-state index in [4.69, 9.17) is 55.9 Å². The predicted molar refractivity (Wildman–Crippen MR) is 172 cm³/mol. The molecule has 1 aromatic heterocycles. The van der Waals surface area contributed by atoms with E-state index in [0.29, 0.717) is 26.9 Å². The van der Waals surface area contributed by atoms with Crippen LogP contribution < -0.4 is 10.2 Å². The summed E-state index contributed by atoms with van der Waals surface area (Å²) in [5, 5.41) is 3.01. The van der Waals surface area contributed by atoms with Gasteiger partial charge in [-0.25, -0.2) is 14.6 Å². The van der Waals surface area contributed by atoms with Crippen molar-refractivity contribution in [1.82, 2.24) is 10.3 Å². The Labute approximate surface area is 277 Å². The minimum absolute atomic E-state index is 0.186. The van der Waals surface area contributed by atoms with Gasteiger partial charge in [0.15, 0.2) is 0 Å². The fourth-order valence-electron chi connectivity index (χ4n) is 3.61. The summed E-state index contributed by atoms with van der Waals surface area (Å²) in [7, 11) is 1.26. The van der Waals surface area contributed by atoms with Gasteiger partial charge < -0.3 is 14.8 Å². The number of rotatable bonds is 9. The number of esters is 1. The Balaban J connectivity index is 1.64. The molecule has 0 saturated heterocycles. The van der Waals surface area contributed by atoms with E-state index >= 15 is 0 Å². The molecule has 220 valence electrons. The molecular formula is C29H24Cl4IN3O5. The Morgan fingerprint density at radius 1 is 1.07 bits per heavy atom. The van der Waals surface area contributed by atoms with Gasteiger partial charge in [0.05, 0.1) is 17.7 Å². The average Bonchev–Trinajstić information content (AvgIpc) is 2.96. The number of hydrogen-bond donors (Lipinski definition) is 1. The van der Waals surface area contributed by atoms with Crippen LogP contribution in [0.25, 0.3) is 0 Å². The van der Waals surface area contributed by atoms with Crippen molar-refractivity contribution in [2.75, 3.05) is 25.2 Å². The monoisotopic (exact) mass is 761 g/mol. The van der Waals surface area contributed by atoms with Crippen LogP contribution in [0.15, 0.2) is 66.9 Å². The summed E-state index contributed by atoms with van der Waals surface area (Å²) in [5.41, 5.74) is 1.79. The summed E-state index contributed by atoms with van der Waals surface area (Å²) >= 11 is 25.3. The van der Waals surface area contributed by atoms with Crippen molar-refractivity contribution >= 4 is 92.8 Å². The number of ether oxygens (including phenoxy) is 2. The van der Waals surface area contributed by atoms with E-state index in [1.54, 1.807) is 66.9 Å². The van der Waals surface area contributed by atoms with Crippen molar-refractivity contribution in [2.45, 2.75) is 22.7 Å². The third-order valence-corrected chi connectivity index (χ3v) is 7.11. The Bertz CT molecular complexity index is 1440. The van der Waals surface area contributed by atoms with Crippen LogP contribution in [0.4, 0.5) is 10.6 Å². The summed E-state index contributed by atoms with van der Waals surface area (Å²) in [6.07, 6.45) is 1.33. The van der Waals surface area contributed by atoms with Gasteiger partial charge in [-0.05, 0) is 64.6 Å². The highest BCUT2D eigenvalue weighted by molar-refractivity contribution is 14.1. The highest BCUT2D eigenvalue weighted by Crippen LogP contribution is 2.26. The highest BCUT2D eigenvalue weighted by atomic mass is 127. The number of aromatic nitrogens is 1. The second-order valence-corrected chi connectivity index (χ2v) is 12.7. The zero-order valence-electron chi connectivity index (χ0n) is 22.1. The Hall–Kier alpha value is -2.75. The number of nitrogens with zero attached hydrogens (tertiary/aromatic N) is 2. The number of alkyl halides is 3. The van der Waals surface area contributed by atoms with E-state index in [1.807, 2.05) is 22.6 Å². The predicted octanol–water partition coefficient (Wildman–Crippen LogP) is 6.61. The van der Waals surface area contributed by atoms with E-state index in [-0.39, 0.29) is 18.0 Å². The van der Waals surface area contributed by atoms with Crippen LogP contribution in [0.5, 0.6) is 0 Å². The third-order valence-electron chi connectivity index (χ3n) is 5.57.